The van der Waals surface area contributed by atoms with Gasteiger partial charge in [-0.05, 0) is 82.3 Å². The van der Waals surface area contributed by atoms with Crippen LogP contribution in [-0.4, -0.2) is 47.4 Å². The van der Waals surface area contributed by atoms with Crippen LogP contribution in [0.1, 0.15) is 64.2 Å². The summed E-state index contributed by atoms with van der Waals surface area (Å²) in [6, 6.07) is 12.4. The average Bonchev–Trinajstić information content (AvgIpc) is 3.21. The first-order chi connectivity index (χ1) is 18.0. The van der Waals surface area contributed by atoms with Gasteiger partial charge in [0, 0.05) is 36.1 Å². The first-order valence-electron chi connectivity index (χ1n) is 13.1. The van der Waals surface area contributed by atoms with E-state index < -0.39 is 15.9 Å². The molecular formula is C28H36N6O3S. The minimum atomic E-state index is -4.13. The van der Waals surface area contributed by atoms with Crippen LogP contribution in [0.3, 0.4) is 0 Å². The molecule has 3 aromatic rings. The number of sulfonamides is 1. The number of amides is 1. The Balaban J connectivity index is 1.65. The summed E-state index contributed by atoms with van der Waals surface area (Å²) in [7, 11) is -4.13. The van der Waals surface area contributed by atoms with Crippen molar-refractivity contribution in [2.75, 3.05) is 10.2 Å². The van der Waals surface area contributed by atoms with E-state index in [0.717, 1.165) is 30.6 Å². The molecule has 3 aromatic heterocycles. The lowest BCUT2D eigenvalue weighted by Gasteiger charge is -2.29. The van der Waals surface area contributed by atoms with E-state index in [2.05, 4.69) is 59.5 Å². The molecule has 4 rings (SSSR count). The summed E-state index contributed by atoms with van der Waals surface area (Å²) in [6.45, 7) is 10.7. The molecular weight excluding hydrogens is 500 g/mol. The fourth-order valence-electron chi connectivity index (χ4n) is 4.98. The lowest BCUT2D eigenvalue weighted by Crippen LogP contribution is -2.37. The van der Waals surface area contributed by atoms with Crippen molar-refractivity contribution in [1.82, 2.24) is 19.7 Å². The van der Waals surface area contributed by atoms with Crippen molar-refractivity contribution in [1.29, 1.82) is 0 Å². The summed E-state index contributed by atoms with van der Waals surface area (Å²) < 4.78 is 27.7. The molecule has 1 saturated heterocycles. The number of carbonyl (C=O) groups excluding carboxylic acids is 1. The minimum Gasteiger partial charge on any atom is -0.368 e. The van der Waals surface area contributed by atoms with Gasteiger partial charge in [0.2, 0.25) is 0 Å². The largest absolute Gasteiger partial charge is 0.368 e. The fourth-order valence-corrected chi connectivity index (χ4v) is 5.90. The zero-order valence-electron chi connectivity index (χ0n) is 22.5. The van der Waals surface area contributed by atoms with Gasteiger partial charge in [0.1, 0.15) is 11.6 Å². The van der Waals surface area contributed by atoms with Crippen molar-refractivity contribution in [3.8, 4) is 11.3 Å². The van der Waals surface area contributed by atoms with E-state index in [1.54, 1.807) is 30.5 Å². The Hall–Kier alpha value is -3.53. The quantitative estimate of drug-likeness (QED) is 0.397. The van der Waals surface area contributed by atoms with Gasteiger partial charge < -0.3 is 10.2 Å². The van der Waals surface area contributed by atoms with Crippen LogP contribution in [0, 0.1) is 5.92 Å². The molecule has 1 fully saturated rings. The molecule has 0 aliphatic carbocycles. The third kappa shape index (κ3) is 6.30. The van der Waals surface area contributed by atoms with Crippen LogP contribution in [0.4, 0.5) is 11.6 Å². The smallest absolute Gasteiger partial charge is 0.281 e. The van der Waals surface area contributed by atoms with E-state index in [1.807, 2.05) is 12.1 Å². The van der Waals surface area contributed by atoms with Crippen molar-refractivity contribution in [2.45, 2.75) is 77.0 Å². The molecule has 0 spiro atoms. The Bertz CT molecular complexity index is 1350. The van der Waals surface area contributed by atoms with Gasteiger partial charge in [-0.15, -0.1) is 0 Å². The highest BCUT2D eigenvalue weighted by atomic mass is 32.2. The van der Waals surface area contributed by atoms with Crippen LogP contribution in [0.25, 0.3) is 11.3 Å². The molecule has 4 heterocycles. The number of pyridine rings is 3. The predicted molar refractivity (Wildman–Crippen MR) is 150 cm³/mol. The number of nitrogens with zero attached hydrogens (tertiary/aromatic N) is 4. The van der Waals surface area contributed by atoms with Gasteiger partial charge in [-0.2, -0.15) is 8.42 Å². The second kappa shape index (κ2) is 11.5. The third-order valence-corrected chi connectivity index (χ3v) is 7.98. The lowest BCUT2D eigenvalue weighted by atomic mass is 10.1. The monoisotopic (exact) mass is 536 g/mol. The van der Waals surface area contributed by atoms with Gasteiger partial charge in [-0.25, -0.2) is 19.7 Å². The summed E-state index contributed by atoms with van der Waals surface area (Å²) in [6.07, 6.45) is 6.08. The van der Waals surface area contributed by atoms with Crippen LogP contribution < -0.4 is 14.9 Å². The minimum absolute atomic E-state index is 0.152. The molecule has 0 aromatic carbocycles. The number of nitrogens with one attached hydrogen (secondary N) is 2. The molecule has 10 heteroatoms. The summed E-state index contributed by atoms with van der Waals surface area (Å²) in [5.74, 6) is 1.10. The number of carbonyl (C=O) groups is 1. The van der Waals surface area contributed by atoms with Crippen LogP contribution in [-0.2, 0) is 10.0 Å². The molecule has 3 atom stereocenters. The standard InChI is InChI=1S/C28H36N6O3S/c1-18(2)16-19(3)31-25-14-11-22(17-30-25)24-13-12-23(27(32-24)34-20(4)9-10-21(34)5)28(35)33-38(36,37)26-8-6-7-15-29-26/h6-8,11-15,17-21H,9-10,16H2,1-5H3,(H,30,31)(H,33,35)/t19-,20-,21+/m1/s1. The van der Waals surface area contributed by atoms with Gasteiger partial charge in [0.15, 0.2) is 5.03 Å². The summed E-state index contributed by atoms with van der Waals surface area (Å²) in [5, 5.41) is 3.21. The molecule has 1 aliphatic rings. The van der Waals surface area contributed by atoms with Crippen molar-refractivity contribution in [3.63, 3.8) is 0 Å². The molecule has 2 N–H and O–H groups in total. The highest BCUT2D eigenvalue weighted by molar-refractivity contribution is 7.90. The van der Waals surface area contributed by atoms with Crippen LogP contribution >= 0.6 is 0 Å². The van der Waals surface area contributed by atoms with E-state index >= 15 is 0 Å². The molecule has 0 unspecified atom stereocenters. The van der Waals surface area contributed by atoms with E-state index in [9.17, 15) is 13.2 Å². The Morgan fingerprint density at radius 1 is 1.03 bits per heavy atom. The van der Waals surface area contributed by atoms with Gasteiger partial charge in [0.05, 0.1) is 11.3 Å². The number of hydrogen-bond acceptors (Lipinski definition) is 8. The first-order valence-corrected chi connectivity index (χ1v) is 14.5. The second-order valence-electron chi connectivity index (χ2n) is 10.5. The van der Waals surface area contributed by atoms with Crippen molar-refractivity contribution < 1.29 is 13.2 Å². The number of aromatic nitrogens is 3. The molecule has 0 bridgehead atoms. The maximum Gasteiger partial charge on any atom is 0.281 e. The van der Waals surface area contributed by atoms with Gasteiger partial charge in [-0.1, -0.05) is 19.9 Å². The number of rotatable bonds is 9. The van der Waals surface area contributed by atoms with Crippen LogP contribution in [0.2, 0.25) is 0 Å². The molecule has 0 radical (unpaired) electrons. The average molecular weight is 537 g/mol. The van der Waals surface area contributed by atoms with E-state index in [-0.39, 0.29) is 22.7 Å². The normalized spacial score (nSPS) is 18.4. The molecule has 1 amide bonds. The maximum absolute atomic E-state index is 13.3. The molecule has 1 aliphatic heterocycles. The van der Waals surface area contributed by atoms with Crippen molar-refractivity contribution in [3.05, 3.63) is 60.4 Å². The molecule has 9 nitrogen and oxygen atoms in total. The lowest BCUT2D eigenvalue weighted by molar-refractivity contribution is 0.0981. The van der Waals surface area contributed by atoms with E-state index in [1.165, 1.54) is 12.3 Å². The van der Waals surface area contributed by atoms with Gasteiger partial charge in [0.25, 0.3) is 15.9 Å². The molecule has 202 valence electrons. The topological polar surface area (TPSA) is 117 Å². The van der Waals surface area contributed by atoms with Crippen molar-refractivity contribution >= 4 is 27.6 Å². The number of hydrogen-bond donors (Lipinski definition) is 2. The first kappa shape index (κ1) is 27.5. The summed E-state index contributed by atoms with van der Waals surface area (Å²) in [4.78, 5) is 28.7. The number of anilines is 2. The van der Waals surface area contributed by atoms with Crippen molar-refractivity contribution in [2.24, 2.45) is 5.92 Å². The molecule has 0 saturated carbocycles. The fraction of sp³-hybridized carbons (Fsp3) is 0.429. The van der Waals surface area contributed by atoms with E-state index in [0.29, 0.717) is 23.5 Å². The SMILES string of the molecule is CC(C)C[C@@H](C)Nc1ccc(-c2ccc(C(=O)NS(=O)(=O)c3ccccn3)c(N3[C@H](C)CC[C@@H]3C)n2)cn1. The Kier molecular flexibility index (Phi) is 8.30. The Labute approximate surface area is 225 Å². The maximum atomic E-state index is 13.3. The van der Waals surface area contributed by atoms with Gasteiger partial charge in [-0.3, -0.25) is 4.79 Å². The predicted octanol–water partition coefficient (Wildman–Crippen LogP) is 4.88. The highest BCUT2D eigenvalue weighted by Crippen LogP contribution is 2.33. The Morgan fingerprint density at radius 3 is 2.37 bits per heavy atom. The molecule has 38 heavy (non-hydrogen) atoms. The summed E-state index contributed by atoms with van der Waals surface area (Å²) in [5.41, 5.74) is 1.66. The zero-order chi connectivity index (χ0) is 27.4. The third-order valence-electron chi connectivity index (χ3n) is 6.73. The second-order valence-corrected chi connectivity index (χ2v) is 12.1. The van der Waals surface area contributed by atoms with Crippen LogP contribution in [0.5, 0.6) is 0 Å². The van der Waals surface area contributed by atoms with Crippen LogP contribution in [0.15, 0.2) is 59.9 Å². The zero-order valence-corrected chi connectivity index (χ0v) is 23.4. The summed E-state index contributed by atoms with van der Waals surface area (Å²) >= 11 is 0. The Morgan fingerprint density at radius 2 is 1.76 bits per heavy atom. The highest BCUT2D eigenvalue weighted by Gasteiger charge is 2.33. The van der Waals surface area contributed by atoms with Gasteiger partial charge >= 0.3 is 0 Å². The van der Waals surface area contributed by atoms with E-state index in [4.69, 9.17) is 4.98 Å².